The molecule has 1 N–H and O–H groups in total. The van der Waals surface area contributed by atoms with Crippen molar-refractivity contribution < 1.29 is 4.79 Å². The molecule has 3 rings (SSSR count). The number of aryl methyl sites for hydroxylation is 1. The van der Waals surface area contributed by atoms with Crippen LogP contribution < -0.4 is 5.32 Å². The molecule has 2 saturated heterocycles. The summed E-state index contributed by atoms with van der Waals surface area (Å²) >= 11 is 0. The second-order valence-electron chi connectivity index (χ2n) is 5.24. The molecule has 0 aliphatic carbocycles. The summed E-state index contributed by atoms with van der Waals surface area (Å²) in [4.78, 5) is 12.2. The summed E-state index contributed by atoms with van der Waals surface area (Å²) in [6.07, 6.45) is 7.83. The second-order valence-corrected chi connectivity index (χ2v) is 5.24. The maximum absolute atomic E-state index is 12.2. The van der Waals surface area contributed by atoms with Crippen LogP contribution in [0.5, 0.6) is 0 Å². The maximum atomic E-state index is 12.2. The Kier molecular flexibility index (Phi) is 2.74. The van der Waals surface area contributed by atoms with Gasteiger partial charge in [-0.1, -0.05) is 0 Å². The Bertz CT molecular complexity index is 426. The van der Waals surface area contributed by atoms with Crippen LogP contribution in [-0.4, -0.2) is 27.6 Å². The topological polar surface area (TPSA) is 46.9 Å². The molecule has 3 atom stereocenters. The minimum absolute atomic E-state index is 0.249. The van der Waals surface area contributed by atoms with Crippen LogP contribution in [0.1, 0.15) is 31.7 Å². The van der Waals surface area contributed by atoms with E-state index in [0.717, 1.165) is 18.5 Å². The highest BCUT2D eigenvalue weighted by Gasteiger charge is 2.42. The SMILES string of the molecule is CCn1cc(CC(=O)C2CC3CCC2N3)cn1. The first-order valence-corrected chi connectivity index (χ1v) is 6.56. The lowest BCUT2D eigenvalue weighted by atomic mass is 9.84. The van der Waals surface area contributed by atoms with E-state index >= 15 is 0 Å². The Morgan fingerprint density at radius 3 is 3.06 bits per heavy atom. The summed E-state index contributed by atoms with van der Waals surface area (Å²) in [5.41, 5.74) is 1.06. The van der Waals surface area contributed by atoms with Gasteiger partial charge in [0.05, 0.1) is 6.20 Å². The first-order valence-electron chi connectivity index (χ1n) is 6.56. The summed E-state index contributed by atoms with van der Waals surface area (Å²) in [7, 11) is 0. The minimum atomic E-state index is 0.249. The largest absolute Gasteiger partial charge is 0.310 e. The molecule has 2 aliphatic heterocycles. The molecule has 3 unspecified atom stereocenters. The van der Waals surface area contributed by atoms with Crippen molar-refractivity contribution in [2.75, 3.05) is 0 Å². The van der Waals surface area contributed by atoms with Crippen molar-refractivity contribution in [2.24, 2.45) is 5.92 Å². The van der Waals surface area contributed by atoms with E-state index in [1.54, 1.807) is 0 Å². The van der Waals surface area contributed by atoms with Crippen molar-refractivity contribution in [3.63, 3.8) is 0 Å². The van der Waals surface area contributed by atoms with Crippen LogP contribution in [0.4, 0.5) is 0 Å². The maximum Gasteiger partial charge on any atom is 0.142 e. The molecule has 2 aliphatic rings. The summed E-state index contributed by atoms with van der Waals surface area (Å²) in [5.74, 6) is 0.638. The van der Waals surface area contributed by atoms with Crippen molar-refractivity contribution in [3.05, 3.63) is 18.0 Å². The molecule has 0 aromatic carbocycles. The third-order valence-electron chi connectivity index (χ3n) is 4.10. The van der Waals surface area contributed by atoms with E-state index < -0.39 is 0 Å². The Morgan fingerprint density at radius 2 is 2.47 bits per heavy atom. The van der Waals surface area contributed by atoms with E-state index in [-0.39, 0.29) is 5.92 Å². The van der Waals surface area contributed by atoms with Gasteiger partial charge in [0.25, 0.3) is 0 Å². The van der Waals surface area contributed by atoms with Gasteiger partial charge in [-0.05, 0) is 31.7 Å². The predicted molar refractivity (Wildman–Crippen MR) is 64.7 cm³/mol. The van der Waals surface area contributed by atoms with Crippen LogP contribution in [0.2, 0.25) is 0 Å². The van der Waals surface area contributed by atoms with Crippen molar-refractivity contribution in [2.45, 2.75) is 51.2 Å². The van der Waals surface area contributed by atoms with Crippen molar-refractivity contribution >= 4 is 5.78 Å². The molecule has 0 saturated carbocycles. The summed E-state index contributed by atoms with van der Waals surface area (Å²) < 4.78 is 1.88. The summed E-state index contributed by atoms with van der Waals surface area (Å²) in [6, 6.07) is 1.06. The van der Waals surface area contributed by atoms with Gasteiger partial charge in [0.15, 0.2) is 0 Å². The first kappa shape index (κ1) is 11.0. The van der Waals surface area contributed by atoms with E-state index in [2.05, 4.69) is 17.3 Å². The number of carbonyl (C=O) groups is 1. The average molecular weight is 233 g/mol. The molecule has 0 amide bonds. The van der Waals surface area contributed by atoms with Crippen molar-refractivity contribution in [1.29, 1.82) is 0 Å². The lowest BCUT2D eigenvalue weighted by molar-refractivity contribution is -0.122. The van der Waals surface area contributed by atoms with E-state index in [4.69, 9.17) is 0 Å². The zero-order valence-electron chi connectivity index (χ0n) is 10.2. The van der Waals surface area contributed by atoms with Crippen LogP contribution in [0.3, 0.4) is 0 Å². The molecular weight excluding hydrogens is 214 g/mol. The fourth-order valence-electron chi connectivity index (χ4n) is 3.18. The van der Waals surface area contributed by atoms with Gasteiger partial charge in [-0.15, -0.1) is 0 Å². The molecule has 0 radical (unpaired) electrons. The lowest BCUT2D eigenvalue weighted by Crippen LogP contribution is -2.29. The number of fused-ring (bicyclic) bond motifs is 2. The highest BCUT2D eigenvalue weighted by Crippen LogP contribution is 2.34. The minimum Gasteiger partial charge on any atom is -0.310 e. The Hall–Kier alpha value is -1.16. The molecule has 17 heavy (non-hydrogen) atoms. The van der Waals surface area contributed by atoms with E-state index in [1.165, 1.54) is 12.8 Å². The Balaban J connectivity index is 1.63. The number of aromatic nitrogens is 2. The molecule has 0 spiro atoms. The monoisotopic (exact) mass is 233 g/mol. The number of hydrogen-bond acceptors (Lipinski definition) is 3. The van der Waals surface area contributed by atoms with E-state index in [0.29, 0.717) is 24.3 Å². The number of rotatable bonds is 4. The molecule has 2 fully saturated rings. The summed E-state index contributed by atoms with van der Waals surface area (Å²) in [6.45, 7) is 2.92. The van der Waals surface area contributed by atoms with Crippen molar-refractivity contribution in [1.82, 2.24) is 15.1 Å². The van der Waals surface area contributed by atoms with Crippen LogP contribution in [-0.2, 0) is 17.8 Å². The van der Waals surface area contributed by atoms with Crippen molar-refractivity contribution in [3.8, 4) is 0 Å². The number of hydrogen-bond donors (Lipinski definition) is 1. The average Bonchev–Trinajstić information content (AvgIpc) is 3.04. The van der Waals surface area contributed by atoms with E-state index in [9.17, 15) is 4.79 Å². The molecule has 4 nitrogen and oxygen atoms in total. The number of ketones is 1. The smallest absolute Gasteiger partial charge is 0.142 e. The third-order valence-corrected chi connectivity index (χ3v) is 4.10. The van der Waals surface area contributed by atoms with Gasteiger partial charge in [-0.25, -0.2) is 0 Å². The first-order chi connectivity index (χ1) is 8.26. The molecular formula is C13H19N3O. The van der Waals surface area contributed by atoms with E-state index in [1.807, 2.05) is 17.1 Å². The van der Waals surface area contributed by atoms with Gasteiger partial charge >= 0.3 is 0 Å². The molecule has 92 valence electrons. The van der Waals surface area contributed by atoms with Gasteiger partial charge in [0, 0.05) is 37.2 Å². The second kappa shape index (κ2) is 4.26. The molecule has 1 aromatic heterocycles. The fourth-order valence-corrected chi connectivity index (χ4v) is 3.18. The molecule has 3 heterocycles. The van der Waals surface area contributed by atoms with Gasteiger partial charge in [0.2, 0.25) is 0 Å². The van der Waals surface area contributed by atoms with Gasteiger partial charge in [0.1, 0.15) is 5.78 Å². The normalized spacial score (nSPS) is 31.0. The van der Waals surface area contributed by atoms with Crippen LogP contribution in [0.25, 0.3) is 0 Å². The lowest BCUT2D eigenvalue weighted by Gasteiger charge is -2.18. The fraction of sp³-hybridized carbons (Fsp3) is 0.692. The number of carbonyl (C=O) groups excluding carboxylic acids is 1. The standard InChI is InChI=1S/C13H19N3O/c1-2-16-8-9(7-14-16)5-13(17)11-6-10-3-4-12(11)15-10/h7-8,10-12,15H,2-6H2,1H3. The Morgan fingerprint density at radius 1 is 1.59 bits per heavy atom. The highest BCUT2D eigenvalue weighted by atomic mass is 16.1. The van der Waals surface area contributed by atoms with Gasteiger partial charge < -0.3 is 5.32 Å². The molecule has 1 aromatic rings. The third kappa shape index (κ3) is 2.02. The quantitative estimate of drug-likeness (QED) is 0.848. The zero-order valence-corrected chi connectivity index (χ0v) is 10.2. The number of nitrogens with zero attached hydrogens (tertiary/aromatic N) is 2. The van der Waals surface area contributed by atoms with Crippen LogP contribution in [0.15, 0.2) is 12.4 Å². The van der Waals surface area contributed by atoms with Crippen LogP contribution >= 0.6 is 0 Å². The summed E-state index contributed by atoms with van der Waals surface area (Å²) in [5, 5.41) is 7.73. The predicted octanol–water partition coefficient (Wildman–Crippen LogP) is 1.16. The van der Waals surface area contributed by atoms with Gasteiger partial charge in [-0.3, -0.25) is 9.48 Å². The molecule has 2 bridgehead atoms. The number of nitrogens with one attached hydrogen (secondary N) is 1. The molecule has 4 heteroatoms. The highest BCUT2D eigenvalue weighted by molar-refractivity contribution is 5.84. The number of Topliss-reactive ketones (excluding diaryl/α,β-unsaturated/α-hetero) is 1. The van der Waals surface area contributed by atoms with Crippen LogP contribution in [0, 0.1) is 5.92 Å². The van der Waals surface area contributed by atoms with Gasteiger partial charge in [-0.2, -0.15) is 5.10 Å². The Labute approximate surface area is 101 Å². The zero-order chi connectivity index (χ0) is 11.8.